The zero-order valence-electron chi connectivity index (χ0n) is 25.6. The molecule has 4 rings (SSSR count). The van der Waals surface area contributed by atoms with E-state index in [9.17, 15) is 48.0 Å². The molecule has 0 aliphatic carbocycles. The van der Waals surface area contributed by atoms with Gasteiger partial charge in [0.05, 0.1) is 13.2 Å². The molecule has 18 heteroatoms. The van der Waals surface area contributed by atoms with Gasteiger partial charge in [-0.25, -0.2) is 0 Å². The second kappa shape index (κ2) is 15.2. The lowest BCUT2D eigenvalue weighted by molar-refractivity contribution is -0.0885. The summed E-state index contributed by atoms with van der Waals surface area (Å²) in [4.78, 5) is 10.4. The lowest BCUT2D eigenvalue weighted by Gasteiger charge is -2.12. The van der Waals surface area contributed by atoms with E-state index in [2.05, 4.69) is 9.44 Å². The number of ether oxygens (including phenoxy) is 2. The summed E-state index contributed by atoms with van der Waals surface area (Å²) in [6.07, 6.45) is -9.88. The summed E-state index contributed by atoms with van der Waals surface area (Å²) in [5.41, 5.74) is -1.97. The van der Waals surface area contributed by atoms with Gasteiger partial charge in [0, 0.05) is 17.5 Å². The number of rotatable bonds is 14. The summed E-state index contributed by atoms with van der Waals surface area (Å²) in [7, 11) is -9.14. The Hall–Kier alpha value is -5.10. The predicted octanol–water partition coefficient (Wildman–Crippen LogP) is 7.03. The van der Waals surface area contributed by atoms with Crippen molar-refractivity contribution in [2.24, 2.45) is 5.16 Å². The standard InChI is InChI=1S/C32H25F6NO9S2/c1-21-3-15-27(16-4-21)49(41,42)47-26-13-17-28(18-14-26)50(43,44)48-39-29(31(33,34)35)22-5-9-24(10-6-22)45-19-2-20-46-25-11-7-23(8-12-25)30(40)32(36,37)38/h3-18H,2,19-20H2,1H3. The highest BCUT2D eigenvalue weighted by molar-refractivity contribution is 7.87. The van der Waals surface area contributed by atoms with Crippen LogP contribution in [0.15, 0.2) is 112 Å². The Labute approximate surface area is 282 Å². The minimum absolute atomic E-state index is 0.0350. The summed E-state index contributed by atoms with van der Waals surface area (Å²) in [5, 5.41) is 2.86. The molecule has 10 nitrogen and oxygen atoms in total. The number of ketones is 1. The lowest BCUT2D eigenvalue weighted by Crippen LogP contribution is -2.25. The van der Waals surface area contributed by atoms with Crippen molar-refractivity contribution >= 4 is 31.7 Å². The zero-order chi connectivity index (χ0) is 36.7. The molecule has 0 fully saturated rings. The molecule has 50 heavy (non-hydrogen) atoms. The van der Waals surface area contributed by atoms with Gasteiger partial charge in [0.2, 0.25) is 0 Å². The number of aryl methyl sites for hydroxylation is 1. The van der Waals surface area contributed by atoms with E-state index >= 15 is 0 Å². The number of halogens is 6. The van der Waals surface area contributed by atoms with Gasteiger partial charge in [-0.15, -0.1) is 0 Å². The molecule has 0 N–H and O–H groups in total. The van der Waals surface area contributed by atoms with Crippen LogP contribution >= 0.6 is 0 Å². The molecule has 0 unspecified atom stereocenters. The van der Waals surface area contributed by atoms with E-state index in [1.807, 2.05) is 0 Å². The Morgan fingerprint density at radius 3 is 1.52 bits per heavy atom. The third kappa shape index (κ3) is 10.2. The molecule has 0 heterocycles. The minimum atomic E-state index is -5.14. The van der Waals surface area contributed by atoms with Gasteiger partial charge in [0.15, 0.2) is 5.71 Å². The second-order valence-electron chi connectivity index (χ2n) is 10.2. The van der Waals surface area contributed by atoms with E-state index in [1.165, 1.54) is 36.4 Å². The number of carbonyl (C=O) groups excluding carboxylic acids is 1. The quantitative estimate of drug-likeness (QED) is 0.0333. The Kier molecular flexibility index (Phi) is 11.5. The average molecular weight is 746 g/mol. The third-order valence-electron chi connectivity index (χ3n) is 6.45. The van der Waals surface area contributed by atoms with Crippen molar-refractivity contribution < 1.29 is 65.9 Å². The highest BCUT2D eigenvalue weighted by atomic mass is 32.2. The lowest BCUT2D eigenvalue weighted by atomic mass is 10.1. The normalized spacial score (nSPS) is 12.7. The van der Waals surface area contributed by atoms with Gasteiger partial charge in [-0.3, -0.25) is 9.08 Å². The molecule has 0 spiro atoms. The Balaban J connectivity index is 1.32. The van der Waals surface area contributed by atoms with E-state index in [4.69, 9.17) is 13.7 Å². The van der Waals surface area contributed by atoms with Gasteiger partial charge in [0.25, 0.3) is 5.78 Å². The predicted molar refractivity (Wildman–Crippen MR) is 165 cm³/mol. The Morgan fingerprint density at radius 2 is 1.04 bits per heavy atom. The van der Waals surface area contributed by atoms with Crippen molar-refractivity contribution in [3.05, 3.63) is 114 Å². The second-order valence-corrected chi connectivity index (χ2v) is 13.3. The molecule has 0 saturated heterocycles. The van der Waals surface area contributed by atoms with Crippen LogP contribution in [0.5, 0.6) is 17.2 Å². The summed E-state index contributed by atoms with van der Waals surface area (Å²) < 4.78 is 149. The molecule has 0 radical (unpaired) electrons. The van der Waals surface area contributed by atoms with Gasteiger partial charge in [-0.05, 0) is 91.9 Å². The fourth-order valence-corrected chi connectivity index (χ4v) is 5.61. The van der Waals surface area contributed by atoms with Crippen LogP contribution in [0.3, 0.4) is 0 Å². The molecular formula is C32H25F6NO9S2. The van der Waals surface area contributed by atoms with Crippen LogP contribution in [0.1, 0.15) is 27.9 Å². The van der Waals surface area contributed by atoms with Crippen LogP contribution in [-0.2, 0) is 24.5 Å². The van der Waals surface area contributed by atoms with E-state index in [0.717, 1.165) is 54.1 Å². The Bertz CT molecular complexity index is 2030. The monoisotopic (exact) mass is 745 g/mol. The first kappa shape index (κ1) is 37.7. The topological polar surface area (TPSA) is 135 Å². The van der Waals surface area contributed by atoms with Crippen molar-refractivity contribution in [2.45, 2.75) is 35.5 Å². The van der Waals surface area contributed by atoms with Gasteiger partial charge in [-0.2, -0.15) is 43.2 Å². The van der Waals surface area contributed by atoms with Gasteiger partial charge in [-0.1, -0.05) is 22.9 Å². The molecule has 0 aromatic heterocycles. The van der Waals surface area contributed by atoms with Gasteiger partial charge >= 0.3 is 32.6 Å². The first-order valence-corrected chi connectivity index (χ1v) is 16.9. The van der Waals surface area contributed by atoms with Crippen LogP contribution < -0.4 is 13.7 Å². The summed E-state index contributed by atoms with van der Waals surface area (Å²) >= 11 is 0. The van der Waals surface area contributed by atoms with E-state index in [0.29, 0.717) is 0 Å². The number of oxime groups is 1. The van der Waals surface area contributed by atoms with Crippen LogP contribution in [0.4, 0.5) is 26.3 Å². The highest BCUT2D eigenvalue weighted by Gasteiger charge is 2.39. The number of alkyl halides is 6. The van der Waals surface area contributed by atoms with Gasteiger partial charge in [0.1, 0.15) is 27.0 Å². The smallest absolute Gasteiger partial charge is 0.454 e. The SMILES string of the molecule is Cc1ccc(S(=O)(=O)Oc2ccc(S(=O)(=O)ON=C(c3ccc(OCCCOc4ccc(C(=O)C(F)(F)F)cc4)cc3)C(F)(F)F)cc2)cc1. The number of hydrogen-bond donors (Lipinski definition) is 0. The number of nitrogens with zero attached hydrogens (tertiary/aromatic N) is 1. The van der Waals surface area contributed by atoms with Crippen LogP contribution in [0, 0.1) is 6.92 Å². The number of hydrogen-bond acceptors (Lipinski definition) is 10. The molecule has 0 aliphatic rings. The maximum atomic E-state index is 13.8. The summed E-state index contributed by atoms with van der Waals surface area (Å²) in [6, 6.07) is 18.0. The highest BCUT2D eigenvalue weighted by Crippen LogP contribution is 2.27. The summed E-state index contributed by atoms with van der Waals surface area (Å²) in [5.74, 6) is -1.91. The fourth-order valence-electron chi connectivity index (χ4n) is 3.95. The van der Waals surface area contributed by atoms with Crippen molar-refractivity contribution in [1.29, 1.82) is 0 Å². The van der Waals surface area contributed by atoms with Crippen molar-refractivity contribution in [1.82, 2.24) is 0 Å². The van der Waals surface area contributed by atoms with E-state index in [1.54, 1.807) is 19.1 Å². The number of Topliss-reactive ketones (excluding diaryl/α,β-unsaturated/α-hetero) is 1. The molecule has 266 valence electrons. The molecule has 0 amide bonds. The third-order valence-corrected chi connectivity index (χ3v) is 8.83. The first-order chi connectivity index (χ1) is 23.3. The molecular weight excluding hydrogens is 720 g/mol. The molecule has 0 atom stereocenters. The number of carbonyl (C=O) groups is 1. The van der Waals surface area contributed by atoms with Crippen molar-refractivity contribution in [3.63, 3.8) is 0 Å². The minimum Gasteiger partial charge on any atom is -0.493 e. The fraction of sp³-hybridized carbons (Fsp3) is 0.188. The molecule has 4 aromatic rings. The van der Waals surface area contributed by atoms with E-state index in [-0.39, 0.29) is 41.8 Å². The zero-order valence-corrected chi connectivity index (χ0v) is 27.2. The summed E-state index contributed by atoms with van der Waals surface area (Å²) in [6.45, 7) is 1.85. The first-order valence-electron chi connectivity index (χ1n) is 14.1. The van der Waals surface area contributed by atoms with Crippen molar-refractivity contribution in [3.8, 4) is 17.2 Å². The van der Waals surface area contributed by atoms with Crippen molar-refractivity contribution in [2.75, 3.05) is 13.2 Å². The molecule has 0 bridgehead atoms. The molecule has 0 aliphatic heterocycles. The van der Waals surface area contributed by atoms with Crippen LogP contribution in [-0.4, -0.2) is 53.9 Å². The average Bonchev–Trinajstić information content (AvgIpc) is 3.04. The maximum Gasteiger partial charge on any atom is 0.454 e. The van der Waals surface area contributed by atoms with Gasteiger partial charge < -0.3 is 13.7 Å². The Morgan fingerprint density at radius 1 is 0.600 bits per heavy atom. The van der Waals surface area contributed by atoms with Crippen LogP contribution in [0.25, 0.3) is 0 Å². The van der Waals surface area contributed by atoms with Crippen LogP contribution in [0.2, 0.25) is 0 Å². The largest absolute Gasteiger partial charge is 0.493 e. The maximum absolute atomic E-state index is 13.8. The number of benzene rings is 4. The van der Waals surface area contributed by atoms with E-state index < -0.39 is 60.1 Å². The molecule has 4 aromatic carbocycles. The molecule has 0 saturated carbocycles.